The number of nitrogens with zero attached hydrogens (tertiary/aromatic N) is 6. The van der Waals surface area contributed by atoms with Gasteiger partial charge in [0.2, 0.25) is 0 Å². The maximum atomic E-state index is 14.3. The largest absolute Gasteiger partial charge is 0.456 e. The summed E-state index contributed by atoms with van der Waals surface area (Å²) in [6.07, 6.45) is 0. The van der Waals surface area contributed by atoms with Gasteiger partial charge in [-0.2, -0.15) is 10.2 Å². The minimum Gasteiger partial charge on any atom is -0.456 e. The van der Waals surface area contributed by atoms with Crippen LogP contribution in [0.4, 0.5) is 17.6 Å². The van der Waals surface area contributed by atoms with Crippen LogP contribution < -0.4 is 5.43 Å². The van der Waals surface area contributed by atoms with Gasteiger partial charge in [0, 0.05) is 81.6 Å². The highest BCUT2D eigenvalue weighted by Gasteiger charge is 2.24. The lowest BCUT2D eigenvalue weighted by Gasteiger charge is -2.26. The predicted octanol–water partition coefficient (Wildman–Crippen LogP) is 9.62. The van der Waals surface area contributed by atoms with E-state index in [1.807, 2.05) is 13.8 Å². The number of hydrogen-bond acceptors (Lipinski definition) is 9. The number of morpholine rings is 2. The fourth-order valence-electron chi connectivity index (χ4n) is 7.93. The minimum atomic E-state index is -0.717. The second kappa shape index (κ2) is 19.4. The molecule has 67 heavy (non-hydrogen) atoms. The van der Waals surface area contributed by atoms with Crippen molar-refractivity contribution in [2.75, 3.05) is 52.6 Å². The van der Waals surface area contributed by atoms with Gasteiger partial charge in [-0.1, -0.05) is 23.2 Å². The van der Waals surface area contributed by atoms with E-state index in [-0.39, 0.29) is 46.7 Å². The number of benzene rings is 4. The SMILES string of the molecule is Cc1cc(C(=O)N2CCOCC2)nn1Cc1cc(Cl)cc2cc(-c3ccc(F)cc3F)oc12.Cc1cc(C(=O)NN2CCOCC2)nn1Cc1cc(Cl)cc2cc(-c3ccc(F)cc3F)oc12. The summed E-state index contributed by atoms with van der Waals surface area (Å²) < 4.78 is 81.2. The topological polar surface area (TPSA) is 133 Å². The van der Waals surface area contributed by atoms with Crippen molar-refractivity contribution in [1.82, 2.24) is 34.9 Å². The van der Waals surface area contributed by atoms with Crippen molar-refractivity contribution in [3.05, 3.63) is 152 Å². The van der Waals surface area contributed by atoms with Gasteiger partial charge in [-0.05, 0) is 86.6 Å². The van der Waals surface area contributed by atoms with Crippen LogP contribution in [0.1, 0.15) is 43.5 Å². The summed E-state index contributed by atoms with van der Waals surface area (Å²) in [5, 5.41) is 13.1. The number of halogens is 6. The molecule has 4 aromatic carbocycles. The van der Waals surface area contributed by atoms with Gasteiger partial charge >= 0.3 is 0 Å². The molecule has 0 aliphatic carbocycles. The molecule has 0 atom stereocenters. The van der Waals surface area contributed by atoms with E-state index in [1.165, 1.54) is 24.3 Å². The van der Waals surface area contributed by atoms with Gasteiger partial charge in [-0.25, -0.2) is 22.6 Å². The molecule has 0 bridgehead atoms. The molecule has 2 amide bonds. The van der Waals surface area contributed by atoms with Crippen molar-refractivity contribution < 1.29 is 45.5 Å². The molecule has 0 unspecified atom stereocenters. The molecule has 19 heteroatoms. The average Bonchev–Trinajstić information content (AvgIpc) is 4.10. The van der Waals surface area contributed by atoms with E-state index in [0.29, 0.717) is 102 Å². The maximum absolute atomic E-state index is 14.3. The first-order valence-corrected chi connectivity index (χ1v) is 22.0. The Bertz CT molecular complexity index is 3150. The number of carbonyl (C=O) groups excluding carboxylic acids is 2. The molecule has 0 spiro atoms. The fraction of sp³-hybridized carbons (Fsp3) is 0.250. The Morgan fingerprint density at radius 2 is 1.07 bits per heavy atom. The summed E-state index contributed by atoms with van der Waals surface area (Å²) >= 11 is 12.7. The third kappa shape index (κ3) is 10.1. The molecule has 2 fully saturated rings. The minimum absolute atomic E-state index is 0.136. The zero-order valence-electron chi connectivity index (χ0n) is 36.1. The molecular formula is C48H41Cl2F4N7O6. The van der Waals surface area contributed by atoms with E-state index >= 15 is 0 Å². The molecule has 0 saturated carbocycles. The molecule has 2 saturated heterocycles. The van der Waals surface area contributed by atoms with Crippen molar-refractivity contribution >= 4 is 57.0 Å². The lowest BCUT2D eigenvalue weighted by molar-refractivity contribution is 0.0124. The van der Waals surface area contributed by atoms with Crippen LogP contribution in [0.25, 0.3) is 44.6 Å². The van der Waals surface area contributed by atoms with Crippen LogP contribution in [0.3, 0.4) is 0 Å². The summed E-state index contributed by atoms with van der Waals surface area (Å²) in [4.78, 5) is 27.2. The molecule has 0 radical (unpaired) electrons. The number of aryl methyl sites for hydroxylation is 2. The Morgan fingerprint density at radius 1 is 0.612 bits per heavy atom. The van der Waals surface area contributed by atoms with E-state index in [2.05, 4.69) is 15.6 Å². The van der Waals surface area contributed by atoms with Gasteiger partial charge < -0.3 is 23.2 Å². The maximum Gasteiger partial charge on any atom is 0.286 e. The first-order chi connectivity index (χ1) is 32.3. The Morgan fingerprint density at radius 3 is 1.57 bits per heavy atom. The molecule has 2 aliphatic heterocycles. The summed E-state index contributed by atoms with van der Waals surface area (Å²) in [7, 11) is 0. The smallest absolute Gasteiger partial charge is 0.286 e. The summed E-state index contributed by atoms with van der Waals surface area (Å²) in [6.45, 7) is 8.75. The van der Waals surface area contributed by atoms with Gasteiger partial charge in [0.15, 0.2) is 11.4 Å². The second-order valence-electron chi connectivity index (χ2n) is 16.0. The molecule has 1 N–H and O–H groups in total. The highest BCUT2D eigenvalue weighted by molar-refractivity contribution is 6.31. The second-order valence-corrected chi connectivity index (χ2v) is 16.9. The molecule has 10 rings (SSSR count). The molecule has 346 valence electrons. The van der Waals surface area contributed by atoms with Crippen LogP contribution in [0, 0.1) is 37.1 Å². The summed E-state index contributed by atoms with van der Waals surface area (Å²) in [6, 6.07) is 20.4. The Kier molecular flexibility index (Phi) is 13.2. The van der Waals surface area contributed by atoms with Crippen LogP contribution in [-0.2, 0) is 22.6 Å². The van der Waals surface area contributed by atoms with Crippen LogP contribution in [0.2, 0.25) is 10.0 Å². The average molecular weight is 959 g/mol. The molecule has 6 heterocycles. The van der Waals surface area contributed by atoms with Crippen molar-refractivity contribution in [3.8, 4) is 22.6 Å². The van der Waals surface area contributed by atoms with Gasteiger partial charge in [0.05, 0.1) is 50.6 Å². The quantitative estimate of drug-likeness (QED) is 0.141. The van der Waals surface area contributed by atoms with Crippen LogP contribution in [-0.4, -0.2) is 93.9 Å². The van der Waals surface area contributed by atoms with Gasteiger partial charge in [-0.3, -0.25) is 24.4 Å². The number of furan rings is 2. The third-order valence-corrected chi connectivity index (χ3v) is 11.8. The van der Waals surface area contributed by atoms with Crippen LogP contribution >= 0.6 is 23.2 Å². The lowest BCUT2D eigenvalue weighted by atomic mass is 10.1. The number of fused-ring (bicyclic) bond motifs is 2. The number of hydrazine groups is 1. The van der Waals surface area contributed by atoms with Gasteiger partial charge in [0.1, 0.15) is 46.0 Å². The Balaban J connectivity index is 0.000000168. The highest BCUT2D eigenvalue weighted by atomic mass is 35.5. The number of carbonyl (C=O) groups is 2. The Hall–Kier alpha value is -6.50. The monoisotopic (exact) mass is 957 g/mol. The van der Waals surface area contributed by atoms with E-state index in [9.17, 15) is 27.2 Å². The van der Waals surface area contributed by atoms with Gasteiger partial charge in [-0.15, -0.1) is 0 Å². The zero-order chi connectivity index (χ0) is 46.9. The van der Waals surface area contributed by atoms with E-state index in [0.717, 1.165) is 29.1 Å². The Labute approximate surface area is 390 Å². The third-order valence-electron chi connectivity index (χ3n) is 11.3. The van der Waals surface area contributed by atoms with E-state index < -0.39 is 23.3 Å². The first-order valence-electron chi connectivity index (χ1n) is 21.2. The summed E-state index contributed by atoms with van der Waals surface area (Å²) in [5.74, 6) is -2.65. The summed E-state index contributed by atoms with van der Waals surface area (Å²) in [5.41, 5.74) is 7.85. The van der Waals surface area contributed by atoms with E-state index in [4.69, 9.17) is 41.5 Å². The lowest BCUT2D eigenvalue weighted by Crippen LogP contribution is -2.48. The normalized spacial score (nSPS) is 14.4. The van der Waals surface area contributed by atoms with Crippen molar-refractivity contribution in [3.63, 3.8) is 0 Å². The number of hydrogen-bond donors (Lipinski definition) is 1. The number of aromatic nitrogens is 4. The predicted molar refractivity (Wildman–Crippen MR) is 242 cm³/mol. The van der Waals surface area contributed by atoms with Gasteiger partial charge in [0.25, 0.3) is 11.8 Å². The number of amides is 2. The molecule has 4 aromatic heterocycles. The number of ether oxygens (including phenoxy) is 2. The van der Waals surface area contributed by atoms with Crippen molar-refractivity contribution in [1.29, 1.82) is 0 Å². The first kappa shape index (κ1) is 45.6. The van der Waals surface area contributed by atoms with Crippen molar-refractivity contribution in [2.45, 2.75) is 26.9 Å². The van der Waals surface area contributed by atoms with Crippen LogP contribution in [0.15, 0.2) is 93.8 Å². The fourth-order valence-corrected chi connectivity index (χ4v) is 8.43. The molecular weight excluding hydrogens is 917 g/mol. The molecule has 8 aromatic rings. The number of nitrogens with one attached hydrogen (secondary N) is 1. The molecule has 2 aliphatic rings. The molecule has 13 nitrogen and oxygen atoms in total. The highest BCUT2D eigenvalue weighted by Crippen LogP contribution is 2.36. The van der Waals surface area contributed by atoms with Crippen molar-refractivity contribution in [2.24, 2.45) is 0 Å². The standard InChI is InChI=1S/C24H21ClF2N4O3.C24H20ClF2N3O3/c1-14-8-21(24(32)29-30-4-6-33-7-5-30)28-31(14)13-16-10-17(25)9-15-11-22(34-23(15)16)19-3-2-18(26)12-20(19)27;1-14-8-21(24(31)29-4-6-32-7-5-29)28-30(14)13-16-10-17(25)9-15-11-22(33-23(15)16)19-3-2-18(26)12-20(19)27/h2-3,8-12H,4-7,13H2,1H3,(H,29,32);2-3,8-12H,4-7,13H2,1H3. The van der Waals surface area contributed by atoms with E-state index in [1.54, 1.807) is 67.8 Å². The number of rotatable bonds is 9. The van der Waals surface area contributed by atoms with Crippen LogP contribution in [0.5, 0.6) is 0 Å². The zero-order valence-corrected chi connectivity index (χ0v) is 37.6.